The van der Waals surface area contributed by atoms with Crippen molar-refractivity contribution in [2.75, 3.05) is 18.8 Å². The van der Waals surface area contributed by atoms with E-state index in [1.54, 1.807) is 0 Å². The van der Waals surface area contributed by atoms with Gasteiger partial charge in [-0.2, -0.15) is 17.0 Å². The molecular formula is C10H16N2S. The Labute approximate surface area is 84.3 Å². The quantitative estimate of drug-likeness (QED) is 0.640. The number of thioether (sulfide) groups is 1. The van der Waals surface area contributed by atoms with Crippen molar-refractivity contribution in [1.29, 1.82) is 5.26 Å². The Morgan fingerprint density at radius 1 is 1.46 bits per heavy atom. The summed E-state index contributed by atoms with van der Waals surface area (Å²) in [7, 11) is 0. The lowest BCUT2D eigenvalue weighted by Gasteiger charge is -2.35. The minimum Gasteiger partial charge on any atom is -0.285 e. The van der Waals surface area contributed by atoms with Crippen LogP contribution < -0.4 is 0 Å². The van der Waals surface area contributed by atoms with Gasteiger partial charge in [-0.05, 0) is 38.1 Å². The molecule has 2 atom stereocenters. The Balaban J connectivity index is 2.19. The van der Waals surface area contributed by atoms with Gasteiger partial charge in [-0.3, -0.25) is 4.90 Å². The van der Waals surface area contributed by atoms with Crippen LogP contribution in [0.2, 0.25) is 0 Å². The van der Waals surface area contributed by atoms with Gasteiger partial charge in [0, 0.05) is 5.25 Å². The molecule has 0 N–H and O–H groups in total. The fraction of sp³-hybridized carbons (Fsp3) is 0.900. The van der Waals surface area contributed by atoms with Crippen molar-refractivity contribution < 1.29 is 0 Å². The Morgan fingerprint density at radius 2 is 2.15 bits per heavy atom. The molecule has 0 aromatic heterocycles. The molecule has 0 radical (unpaired) electrons. The van der Waals surface area contributed by atoms with Crippen LogP contribution in [0.4, 0.5) is 0 Å². The first-order valence-electron chi connectivity index (χ1n) is 5.07. The topological polar surface area (TPSA) is 27.0 Å². The van der Waals surface area contributed by atoms with Gasteiger partial charge in [0.05, 0.1) is 6.07 Å². The van der Waals surface area contributed by atoms with Crippen LogP contribution >= 0.6 is 11.8 Å². The number of nitriles is 1. The zero-order valence-corrected chi connectivity index (χ0v) is 8.94. The van der Waals surface area contributed by atoms with E-state index in [0.29, 0.717) is 5.25 Å². The Hall–Kier alpha value is -0.200. The van der Waals surface area contributed by atoms with Crippen LogP contribution in [0.15, 0.2) is 0 Å². The molecule has 2 aliphatic heterocycles. The number of hydrogen-bond donors (Lipinski definition) is 0. The lowest BCUT2D eigenvalue weighted by atomic mass is 9.93. The minimum atomic E-state index is -0.124. The first kappa shape index (κ1) is 9.36. The molecule has 0 aromatic carbocycles. The summed E-state index contributed by atoms with van der Waals surface area (Å²) >= 11 is 1.95. The maximum absolute atomic E-state index is 9.34. The van der Waals surface area contributed by atoms with E-state index in [-0.39, 0.29) is 5.54 Å². The molecule has 2 fully saturated rings. The second-order valence-corrected chi connectivity index (χ2v) is 5.44. The van der Waals surface area contributed by atoms with Crippen molar-refractivity contribution in [3.63, 3.8) is 0 Å². The van der Waals surface area contributed by atoms with Crippen LogP contribution in [0.25, 0.3) is 0 Å². The van der Waals surface area contributed by atoms with E-state index < -0.39 is 0 Å². The first-order valence-corrected chi connectivity index (χ1v) is 6.12. The fourth-order valence-corrected chi connectivity index (χ4v) is 3.86. The summed E-state index contributed by atoms with van der Waals surface area (Å²) in [4.78, 5) is 2.41. The molecule has 0 spiro atoms. The fourth-order valence-electron chi connectivity index (χ4n) is 2.48. The first-order chi connectivity index (χ1) is 6.29. The predicted octanol–water partition coefficient (Wildman–Crippen LogP) is 1.87. The summed E-state index contributed by atoms with van der Waals surface area (Å²) in [6.45, 7) is 4.48. The van der Waals surface area contributed by atoms with Crippen LogP contribution in [-0.2, 0) is 0 Å². The van der Waals surface area contributed by atoms with Crippen LogP contribution in [0, 0.1) is 11.3 Å². The highest BCUT2D eigenvalue weighted by Crippen LogP contribution is 2.41. The predicted molar refractivity (Wildman–Crippen MR) is 55.7 cm³/mol. The van der Waals surface area contributed by atoms with Crippen molar-refractivity contribution in [3.8, 4) is 6.07 Å². The van der Waals surface area contributed by atoms with Crippen molar-refractivity contribution in [3.05, 3.63) is 0 Å². The molecule has 0 aromatic rings. The zero-order chi connectivity index (χ0) is 9.31. The zero-order valence-electron chi connectivity index (χ0n) is 8.12. The minimum absolute atomic E-state index is 0.124. The summed E-state index contributed by atoms with van der Waals surface area (Å²) in [6, 6.07) is 2.57. The summed E-state index contributed by atoms with van der Waals surface area (Å²) < 4.78 is 0. The van der Waals surface area contributed by atoms with Crippen LogP contribution in [0.1, 0.15) is 26.2 Å². The second kappa shape index (κ2) is 3.51. The van der Waals surface area contributed by atoms with Gasteiger partial charge >= 0.3 is 0 Å². The monoisotopic (exact) mass is 196 g/mol. The van der Waals surface area contributed by atoms with Gasteiger partial charge in [0.15, 0.2) is 0 Å². The van der Waals surface area contributed by atoms with Gasteiger partial charge in [-0.1, -0.05) is 6.92 Å². The normalized spacial score (nSPS) is 40.8. The molecule has 72 valence electrons. The molecule has 13 heavy (non-hydrogen) atoms. The van der Waals surface area contributed by atoms with E-state index in [9.17, 15) is 5.26 Å². The Kier molecular flexibility index (Phi) is 2.53. The average Bonchev–Trinajstić information content (AvgIpc) is 2.73. The lowest BCUT2D eigenvalue weighted by molar-refractivity contribution is 0.176. The maximum Gasteiger partial charge on any atom is 0.121 e. The molecule has 3 heteroatoms. The van der Waals surface area contributed by atoms with E-state index in [1.807, 2.05) is 11.8 Å². The highest BCUT2D eigenvalue weighted by atomic mass is 32.2. The van der Waals surface area contributed by atoms with Gasteiger partial charge in [0.25, 0.3) is 0 Å². The SMILES string of the molecule is CC1SCCC1(C#N)N1CCCC1. The molecule has 0 bridgehead atoms. The third-order valence-electron chi connectivity index (χ3n) is 3.39. The second-order valence-electron chi connectivity index (χ2n) is 3.99. The molecule has 0 amide bonds. The van der Waals surface area contributed by atoms with E-state index in [0.717, 1.165) is 25.3 Å². The van der Waals surface area contributed by atoms with Crippen LogP contribution in [0.3, 0.4) is 0 Å². The summed E-state index contributed by atoms with van der Waals surface area (Å²) in [5.74, 6) is 1.16. The molecule has 0 saturated carbocycles. The van der Waals surface area contributed by atoms with Crippen molar-refractivity contribution in [1.82, 2.24) is 4.90 Å². The van der Waals surface area contributed by atoms with Crippen LogP contribution in [0.5, 0.6) is 0 Å². The molecular weight excluding hydrogens is 180 g/mol. The Bertz CT molecular complexity index is 230. The molecule has 2 rings (SSSR count). The van der Waals surface area contributed by atoms with Gasteiger partial charge in [0.2, 0.25) is 0 Å². The Morgan fingerprint density at radius 3 is 2.62 bits per heavy atom. The van der Waals surface area contributed by atoms with Crippen LogP contribution in [-0.4, -0.2) is 34.5 Å². The number of hydrogen-bond acceptors (Lipinski definition) is 3. The molecule has 2 saturated heterocycles. The molecule has 2 aliphatic rings. The van der Waals surface area contributed by atoms with E-state index in [1.165, 1.54) is 12.8 Å². The highest BCUT2D eigenvalue weighted by molar-refractivity contribution is 8.00. The molecule has 0 aliphatic carbocycles. The van der Waals surface area contributed by atoms with Crippen molar-refractivity contribution in [2.24, 2.45) is 0 Å². The maximum atomic E-state index is 9.34. The third-order valence-corrected chi connectivity index (χ3v) is 4.72. The van der Waals surface area contributed by atoms with E-state index in [2.05, 4.69) is 17.9 Å². The summed E-state index contributed by atoms with van der Waals surface area (Å²) in [5, 5.41) is 9.84. The van der Waals surface area contributed by atoms with Gasteiger partial charge in [-0.15, -0.1) is 0 Å². The summed E-state index contributed by atoms with van der Waals surface area (Å²) in [6.07, 6.45) is 3.62. The average molecular weight is 196 g/mol. The van der Waals surface area contributed by atoms with E-state index in [4.69, 9.17) is 0 Å². The third kappa shape index (κ3) is 1.37. The summed E-state index contributed by atoms with van der Waals surface area (Å²) in [5.41, 5.74) is -0.124. The van der Waals surface area contributed by atoms with Gasteiger partial charge < -0.3 is 0 Å². The molecule has 2 heterocycles. The number of likely N-dealkylation sites (tertiary alicyclic amines) is 1. The van der Waals surface area contributed by atoms with Crippen molar-refractivity contribution >= 4 is 11.8 Å². The molecule has 2 unspecified atom stereocenters. The molecule has 2 nitrogen and oxygen atoms in total. The van der Waals surface area contributed by atoms with Gasteiger partial charge in [-0.25, -0.2) is 0 Å². The van der Waals surface area contributed by atoms with E-state index >= 15 is 0 Å². The number of rotatable bonds is 1. The van der Waals surface area contributed by atoms with Gasteiger partial charge in [0.1, 0.15) is 5.54 Å². The largest absolute Gasteiger partial charge is 0.285 e. The highest BCUT2D eigenvalue weighted by Gasteiger charge is 2.46. The van der Waals surface area contributed by atoms with Crippen molar-refractivity contribution in [2.45, 2.75) is 37.0 Å². The number of nitrogens with zero attached hydrogens (tertiary/aromatic N) is 2. The lowest BCUT2D eigenvalue weighted by Crippen LogP contribution is -2.50. The smallest absolute Gasteiger partial charge is 0.121 e. The standard InChI is InChI=1S/C10H16N2S/c1-9-10(8-11,4-7-13-9)12-5-2-3-6-12/h9H,2-7H2,1H3.